The van der Waals surface area contributed by atoms with Gasteiger partial charge in [0.05, 0.1) is 0 Å². The van der Waals surface area contributed by atoms with Crippen molar-refractivity contribution in [1.29, 1.82) is 0 Å². The maximum atomic E-state index is 3.41. The molecule has 0 amide bonds. The van der Waals surface area contributed by atoms with Gasteiger partial charge in [-0.15, -0.1) is 0 Å². The summed E-state index contributed by atoms with van der Waals surface area (Å²) in [5.74, 6) is 1.04. The standard InChI is InChI=1S/C12H22N2/c1-2-4-14(5-3-1)8-11-6-12(7-11)9-13-10-12/h11,13H,1-10H2. The first-order chi connectivity index (χ1) is 6.86. The van der Waals surface area contributed by atoms with Gasteiger partial charge in [-0.25, -0.2) is 0 Å². The van der Waals surface area contributed by atoms with Crippen LogP contribution < -0.4 is 5.32 Å². The zero-order chi connectivity index (χ0) is 9.43. The first-order valence-corrected chi connectivity index (χ1v) is 6.29. The highest BCUT2D eigenvalue weighted by atomic mass is 15.1. The molecule has 80 valence electrons. The first-order valence-electron chi connectivity index (χ1n) is 6.29. The zero-order valence-electron chi connectivity index (χ0n) is 9.10. The van der Waals surface area contributed by atoms with Crippen molar-refractivity contribution in [2.24, 2.45) is 11.3 Å². The molecule has 0 bridgehead atoms. The van der Waals surface area contributed by atoms with Crippen LogP contribution in [0.4, 0.5) is 0 Å². The van der Waals surface area contributed by atoms with Crippen LogP contribution in [0.15, 0.2) is 0 Å². The maximum Gasteiger partial charge on any atom is 0.00204 e. The van der Waals surface area contributed by atoms with Crippen LogP contribution in [0.3, 0.4) is 0 Å². The van der Waals surface area contributed by atoms with Gasteiger partial charge in [0.25, 0.3) is 0 Å². The molecule has 2 heteroatoms. The minimum atomic E-state index is 0.778. The van der Waals surface area contributed by atoms with Crippen molar-refractivity contribution in [2.45, 2.75) is 32.1 Å². The van der Waals surface area contributed by atoms with E-state index in [2.05, 4.69) is 10.2 Å². The largest absolute Gasteiger partial charge is 0.316 e. The van der Waals surface area contributed by atoms with Crippen molar-refractivity contribution < 1.29 is 0 Å². The molecular weight excluding hydrogens is 172 g/mol. The normalized spacial score (nSPS) is 32.6. The number of nitrogens with one attached hydrogen (secondary N) is 1. The van der Waals surface area contributed by atoms with E-state index in [9.17, 15) is 0 Å². The fourth-order valence-electron chi connectivity index (χ4n) is 3.57. The Bertz CT molecular complexity index is 196. The molecule has 2 heterocycles. The molecule has 14 heavy (non-hydrogen) atoms. The van der Waals surface area contributed by atoms with Gasteiger partial charge in [0.15, 0.2) is 0 Å². The number of likely N-dealkylation sites (tertiary alicyclic amines) is 1. The quantitative estimate of drug-likeness (QED) is 0.716. The van der Waals surface area contributed by atoms with Crippen molar-refractivity contribution in [3.63, 3.8) is 0 Å². The number of rotatable bonds is 2. The fourth-order valence-corrected chi connectivity index (χ4v) is 3.57. The van der Waals surface area contributed by atoms with Gasteiger partial charge in [-0.05, 0) is 50.1 Å². The SMILES string of the molecule is C1CCN(CC2CC3(CNC3)C2)CC1. The summed E-state index contributed by atoms with van der Waals surface area (Å²) in [4.78, 5) is 2.70. The number of hydrogen-bond donors (Lipinski definition) is 1. The average Bonchev–Trinajstić information content (AvgIpc) is 2.09. The summed E-state index contributed by atoms with van der Waals surface area (Å²) in [7, 11) is 0. The molecule has 0 aromatic heterocycles. The van der Waals surface area contributed by atoms with Crippen molar-refractivity contribution in [3.8, 4) is 0 Å². The average molecular weight is 194 g/mol. The molecule has 1 saturated carbocycles. The van der Waals surface area contributed by atoms with Crippen LogP contribution in [0.2, 0.25) is 0 Å². The minimum absolute atomic E-state index is 0.778. The van der Waals surface area contributed by atoms with Crippen LogP contribution in [0.25, 0.3) is 0 Å². The monoisotopic (exact) mass is 194 g/mol. The molecule has 2 saturated heterocycles. The maximum absolute atomic E-state index is 3.41. The topological polar surface area (TPSA) is 15.3 Å². The molecule has 1 spiro atoms. The van der Waals surface area contributed by atoms with E-state index in [0.717, 1.165) is 11.3 Å². The highest BCUT2D eigenvalue weighted by Crippen LogP contribution is 2.48. The van der Waals surface area contributed by atoms with E-state index in [-0.39, 0.29) is 0 Å². The lowest BCUT2D eigenvalue weighted by molar-refractivity contribution is -0.0177. The molecular formula is C12H22N2. The predicted octanol–water partition coefficient (Wildman–Crippen LogP) is 1.47. The van der Waals surface area contributed by atoms with Crippen molar-refractivity contribution in [1.82, 2.24) is 10.2 Å². The molecule has 3 aliphatic rings. The molecule has 0 aromatic carbocycles. The molecule has 1 N–H and O–H groups in total. The third-order valence-corrected chi connectivity index (χ3v) is 4.41. The van der Waals surface area contributed by atoms with Crippen molar-refractivity contribution in [3.05, 3.63) is 0 Å². The van der Waals surface area contributed by atoms with Gasteiger partial charge in [0.1, 0.15) is 0 Å². The van der Waals surface area contributed by atoms with Crippen LogP contribution in [0.5, 0.6) is 0 Å². The summed E-state index contributed by atoms with van der Waals surface area (Å²) in [5.41, 5.74) is 0.778. The van der Waals surface area contributed by atoms with Crippen LogP contribution in [-0.2, 0) is 0 Å². The van der Waals surface area contributed by atoms with E-state index in [4.69, 9.17) is 0 Å². The Morgan fingerprint density at radius 3 is 2.36 bits per heavy atom. The zero-order valence-corrected chi connectivity index (χ0v) is 9.10. The van der Waals surface area contributed by atoms with Crippen LogP contribution in [-0.4, -0.2) is 37.6 Å². The summed E-state index contributed by atoms with van der Waals surface area (Å²) in [6, 6.07) is 0. The Hall–Kier alpha value is -0.0800. The van der Waals surface area contributed by atoms with E-state index < -0.39 is 0 Å². The molecule has 3 rings (SSSR count). The second-order valence-electron chi connectivity index (χ2n) is 5.74. The lowest BCUT2D eigenvalue weighted by Gasteiger charge is -2.55. The molecule has 2 aliphatic heterocycles. The third-order valence-electron chi connectivity index (χ3n) is 4.41. The highest BCUT2D eigenvalue weighted by Gasteiger charge is 2.48. The first kappa shape index (κ1) is 9.17. The lowest BCUT2D eigenvalue weighted by atomic mass is 9.58. The smallest absolute Gasteiger partial charge is 0.00204 e. The van der Waals surface area contributed by atoms with Gasteiger partial charge >= 0.3 is 0 Å². The number of nitrogens with zero attached hydrogens (tertiary/aromatic N) is 1. The molecule has 2 nitrogen and oxygen atoms in total. The summed E-state index contributed by atoms with van der Waals surface area (Å²) in [5, 5.41) is 3.41. The summed E-state index contributed by atoms with van der Waals surface area (Å²) in [6.07, 6.45) is 7.38. The molecule has 0 aromatic rings. The lowest BCUT2D eigenvalue weighted by Crippen LogP contribution is -2.61. The van der Waals surface area contributed by atoms with Crippen molar-refractivity contribution in [2.75, 3.05) is 32.7 Å². The summed E-state index contributed by atoms with van der Waals surface area (Å²) < 4.78 is 0. The predicted molar refractivity (Wildman–Crippen MR) is 58.3 cm³/mol. The van der Waals surface area contributed by atoms with Crippen LogP contribution >= 0.6 is 0 Å². The van der Waals surface area contributed by atoms with E-state index in [0.29, 0.717) is 0 Å². The highest BCUT2D eigenvalue weighted by molar-refractivity contribution is 5.03. The summed E-state index contributed by atoms with van der Waals surface area (Å²) in [6.45, 7) is 6.78. The van der Waals surface area contributed by atoms with Gasteiger partial charge in [-0.3, -0.25) is 0 Å². The second kappa shape index (κ2) is 3.49. The second-order valence-corrected chi connectivity index (χ2v) is 5.74. The van der Waals surface area contributed by atoms with E-state index in [1.54, 1.807) is 0 Å². The molecule has 0 unspecified atom stereocenters. The Morgan fingerprint density at radius 1 is 1.07 bits per heavy atom. The van der Waals surface area contributed by atoms with Crippen LogP contribution in [0.1, 0.15) is 32.1 Å². The Labute approximate surface area is 87.0 Å². The van der Waals surface area contributed by atoms with Gasteiger partial charge in [0, 0.05) is 19.6 Å². The Kier molecular flexibility index (Phi) is 2.29. The molecule has 1 aliphatic carbocycles. The van der Waals surface area contributed by atoms with E-state index >= 15 is 0 Å². The number of hydrogen-bond acceptors (Lipinski definition) is 2. The molecule has 0 atom stereocenters. The Morgan fingerprint density at radius 2 is 1.79 bits per heavy atom. The molecule has 0 radical (unpaired) electrons. The van der Waals surface area contributed by atoms with Gasteiger partial charge in [0.2, 0.25) is 0 Å². The molecule has 3 fully saturated rings. The summed E-state index contributed by atoms with van der Waals surface area (Å²) >= 11 is 0. The van der Waals surface area contributed by atoms with Crippen LogP contribution in [0, 0.1) is 11.3 Å². The van der Waals surface area contributed by atoms with E-state index in [1.807, 2.05) is 0 Å². The van der Waals surface area contributed by atoms with Gasteiger partial charge < -0.3 is 10.2 Å². The van der Waals surface area contributed by atoms with Crippen molar-refractivity contribution >= 4 is 0 Å². The fraction of sp³-hybridized carbons (Fsp3) is 1.00. The Balaban J connectivity index is 1.41. The van der Waals surface area contributed by atoms with Gasteiger partial charge in [-0.2, -0.15) is 0 Å². The third kappa shape index (κ3) is 1.59. The minimum Gasteiger partial charge on any atom is -0.316 e. The van der Waals surface area contributed by atoms with E-state index in [1.165, 1.54) is 64.8 Å². The number of piperidine rings is 1. The van der Waals surface area contributed by atoms with Gasteiger partial charge in [-0.1, -0.05) is 6.42 Å².